The van der Waals surface area contributed by atoms with Gasteiger partial charge in [0.1, 0.15) is 6.04 Å². The number of hydrogen-bond donors (Lipinski definition) is 2. The van der Waals surface area contributed by atoms with Crippen molar-refractivity contribution in [3.63, 3.8) is 0 Å². The van der Waals surface area contributed by atoms with Crippen LogP contribution < -0.4 is 0 Å². The summed E-state index contributed by atoms with van der Waals surface area (Å²) in [5.74, 6) is -0.537. The van der Waals surface area contributed by atoms with Crippen molar-refractivity contribution < 1.29 is 19.8 Å². The number of aliphatic hydroxyl groups is 1. The highest BCUT2D eigenvalue weighted by Crippen LogP contribution is 2.30. The fourth-order valence-electron chi connectivity index (χ4n) is 2.09. The quantitative estimate of drug-likeness (QED) is 0.791. The molecule has 2 N–H and O–H groups in total. The van der Waals surface area contributed by atoms with Crippen molar-refractivity contribution in [1.29, 1.82) is 0 Å². The number of thioether (sulfide) groups is 1. The summed E-state index contributed by atoms with van der Waals surface area (Å²) < 4.78 is 0. The van der Waals surface area contributed by atoms with Crippen LogP contribution in [0.15, 0.2) is 0 Å². The Hall–Kier alpha value is -0.950. The number of carbonyl (C=O) groups is 2. The van der Waals surface area contributed by atoms with Crippen LogP contribution in [-0.2, 0) is 4.79 Å². The molecule has 1 heterocycles. The van der Waals surface area contributed by atoms with E-state index in [4.69, 9.17) is 5.11 Å². The van der Waals surface area contributed by atoms with E-state index in [0.29, 0.717) is 18.7 Å². The van der Waals surface area contributed by atoms with Crippen LogP contribution in [0.25, 0.3) is 0 Å². The normalized spacial score (nSPS) is 22.9. The Morgan fingerprint density at radius 2 is 2.11 bits per heavy atom. The van der Waals surface area contributed by atoms with Crippen molar-refractivity contribution in [2.75, 3.05) is 18.9 Å². The van der Waals surface area contributed by atoms with Crippen LogP contribution in [0.4, 0.5) is 4.79 Å². The Balaban J connectivity index is 2.84. The third-order valence-corrected chi connectivity index (χ3v) is 4.37. The molecule has 19 heavy (non-hydrogen) atoms. The Labute approximate surface area is 117 Å². The number of hydrogen-bond acceptors (Lipinski definition) is 4. The molecule has 0 bridgehead atoms. The molecule has 0 spiro atoms. The van der Waals surface area contributed by atoms with Crippen LogP contribution >= 0.6 is 11.8 Å². The molecule has 0 aromatic carbocycles. The van der Waals surface area contributed by atoms with Gasteiger partial charge in [0, 0.05) is 24.9 Å². The SMILES string of the molecule is CC(C)N(CCCO)C(=O)N1C(C)SCC1C(=O)O. The largest absolute Gasteiger partial charge is 0.480 e. The molecular formula is C12H22N2O4S. The molecule has 0 aromatic rings. The maximum Gasteiger partial charge on any atom is 0.327 e. The number of carboxylic acids is 1. The van der Waals surface area contributed by atoms with Gasteiger partial charge in [0.15, 0.2) is 0 Å². The molecule has 0 radical (unpaired) electrons. The van der Waals surface area contributed by atoms with Crippen molar-refractivity contribution in [2.45, 2.75) is 44.6 Å². The van der Waals surface area contributed by atoms with Crippen LogP contribution in [0.2, 0.25) is 0 Å². The maximum absolute atomic E-state index is 12.5. The Bertz CT molecular complexity index is 338. The molecule has 7 heteroatoms. The van der Waals surface area contributed by atoms with Gasteiger partial charge in [-0.25, -0.2) is 9.59 Å². The fourth-order valence-corrected chi connectivity index (χ4v) is 3.25. The van der Waals surface area contributed by atoms with E-state index in [1.807, 2.05) is 20.8 Å². The first kappa shape index (κ1) is 16.1. The minimum atomic E-state index is -0.962. The number of urea groups is 1. The smallest absolute Gasteiger partial charge is 0.327 e. The number of rotatable bonds is 5. The van der Waals surface area contributed by atoms with Gasteiger partial charge in [0.05, 0.1) is 5.37 Å². The molecule has 1 saturated heterocycles. The van der Waals surface area contributed by atoms with Gasteiger partial charge in [-0.05, 0) is 27.2 Å². The molecular weight excluding hydrogens is 268 g/mol. The molecule has 0 aliphatic carbocycles. The van der Waals surface area contributed by atoms with E-state index in [0.717, 1.165) is 0 Å². The van der Waals surface area contributed by atoms with Crippen LogP contribution in [0.3, 0.4) is 0 Å². The van der Waals surface area contributed by atoms with E-state index in [2.05, 4.69) is 0 Å². The van der Waals surface area contributed by atoms with Gasteiger partial charge in [0.2, 0.25) is 0 Å². The van der Waals surface area contributed by atoms with Crippen molar-refractivity contribution in [3.05, 3.63) is 0 Å². The summed E-state index contributed by atoms with van der Waals surface area (Å²) in [6, 6.07) is -1.04. The molecule has 2 atom stereocenters. The minimum Gasteiger partial charge on any atom is -0.480 e. The molecule has 0 saturated carbocycles. The van der Waals surface area contributed by atoms with Gasteiger partial charge < -0.3 is 15.1 Å². The van der Waals surface area contributed by atoms with Crippen molar-refractivity contribution in [3.8, 4) is 0 Å². The molecule has 1 aliphatic rings. The van der Waals surface area contributed by atoms with Gasteiger partial charge in [-0.3, -0.25) is 4.90 Å². The first-order valence-electron chi connectivity index (χ1n) is 6.44. The van der Waals surface area contributed by atoms with Crippen LogP contribution in [0, 0.1) is 0 Å². The Morgan fingerprint density at radius 3 is 2.58 bits per heavy atom. The van der Waals surface area contributed by atoms with Crippen LogP contribution in [0.1, 0.15) is 27.2 Å². The zero-order valence-electron chi connectivity index (χ0n) is 11.6. The maximum atomic E-state index is 12.5. The molecule has 6 nitrogen and oxygen atoms in total. The molecule has 110 valence electrons. The second kappa shape index (κ2) is 7.00. The summed E-state index contributed by atoms with van der Waals surface area (Å²) in [7, 11) is 0. The molecule has 1 fully saturated rings. The minimum absolute atomic E-state index is 0.0170. The zero-order chi connectivity index (χ0) is 14.6. The number of nitrogens with zero attached hydrogens (tertiary/aromatic N) is 2. The molecule has 2 amide bonds. The van der Waals surface area contributed by atoms with Gasteiger partial charge in [-0.15, -0.1) is 11.8 Å². The summed E-state index contributed by atoms with van der Waals surface area (Å²) >= 11 is 1.47. The lowest BCUT2D eigenvalue weighted by Gasteiger charge is -2.34. The third kappa shape index (κ3) is 3.76. The summed E-state index contributed by atoms with van der Waals surface area (Å²) in [6.07, 6.45) is 0.497. The summed E-state index contributed by atoms with van der Waals surface area (Å²) in [5, 5.41) is 17.9. The molecule has 2 unspecified atom stereocenters. The molecule has 1 rings (SSSR count). The standard InChI is InChI=1S/C12H22N2O4S/c1-8(2)13(5-4-6-15)12(18)14-9(3)19-7-10(14)11(16)17/h8-10,15H,4-7H2,1-3H3,(H,16,17). The number of carboxylic acid groups (broad SMARTS) is 1. The van der Waals surface area contributed by atoms with E-state index < -0.39 is 12.0 Å². The van der Waals surface area contributed by atoms with Crippen molar-refractivity contribution in [1.82, 2.24) is 9.80 Å². The fraction of sp³-hybridized carbons (Fsp3) is 0.833. The van der Waals surface area contributed by atoms with Gasteiger partial charge in [-0.1, -0.05) is 0 Å². The van der Waals surface area contributed by atoms with Crippen molar-refractivity contribution in [2.24, 2.45) is 0 Å². The molecule has 0 aromatic heterocycles. The predicted molar refractivity (Wildman–Crippen MR) is 74.1 cm³/mol. The second-order valence-corrected chi connectivity index (χ2v) is 6.19. The summed E-state index contributed by atoms with van der Waals surface area (Å²) in [5.41, 5.74) is 0. The van der Waals surface area contributed by atoms with E-state index in [9.17, 15) is 14.7 Å². The number of amides is 2. The third-order valence-electron chi connectivity index (χ3n) is 3.15. The predicted octanol–water partition coefficient (Wildman–Crippen LogP) is 1.05. The highest BCUT2D eigenvalue weighted by atomic mass is 32.2. The monoisotopic (exact) mass is 290 g/mol. The van der Waals surface area contributed by atoms with Crippen LogP contribution in [-0.4, -0.2) is 68.4 Å². The first-order valence-corrected chi connectivity index (χ1v) is 7.49. The highest BCUT2D eigenvalue weighted by molar-refractivity contribution is 8.00. The van der Waals surface area contributed by atoms with Gasteiger partial charge in [-0.2, -0.15) is 0 Å². The van der Waals surface area contributed by atoms with E-state index >= 15 is 0 Å². The number of aliphatic carboxylic acids is 1. The van der Waals surface area contributed by atoms with E-state index in [-0.39, 0.29) is 24.1 Å². The first-order chi connectivity index (χ1) is 8.90. The zero-order valence-corrected chi connectivity index (χ0v) is 12.4. The molecule has 1 aliphatic heterocycles. The van der Waals surface area contributed by atoms with E-state index in [1.54, 1.807) is 4.90 Å². The van der Waals surface area contributed by atoms with Gasteiger partial charge in [0.25, 0.3) is 0 Å². The lowest BCUT2D eigenvalue weighted by Crippen LogP contribution is -2.53. The van der Waals surface area contributed by atoms with Crippen molar-refractivity contribution >= 4 is 23.8 Å². The average Bonchev–Trinajstić information content (AvgIpc) is 2.71. The lowest BCUT2D eigenvalue weighted by atomic mass is 10.2. The number of aliphatic hydroxyl groups excluding tert-OH is 1. The summed E-state index contributed by atoms with van der Waals surface area (Å²) in [4.78, 5) is 26.8. The topological polar surface area (TPSA) is 81.1 Å². The Morgan fingerprint density at radius 1 is 1.47 bits per heavy atom. The van der Waals surface area contributed by atoms with Crippen LogP contribution in [0.5, 0.6) is 0 Å². The summed E-state index contributed by atoms with van der Waals surface area (Å²) in [6.45, 7) is 6.07. The second-order valence-electron chi connectivity index (χ2n) is 4.84. The highest BCUT2D eigenvalue weighted by Gasteiger charge is 2.41. The van der Waals surface area contributed by atoms with Gasteiger partial charge >= 0.3 is 12.0 Å². The number of carbonyl (C=O) groups excluding carboxylic acids is 1. The average molecular weight is 290 g/mol. The lowest BCUT2D eigenvalue weighted by molar-refractivity contribution is -0.141. The van der Waals surface area contributed by atoms with E-state index in [1.165, 1.54) is 16.7 Å². The Kier molecular flexibility index (Phi) is 5.93.